The first-order valence-electron chi connectivity index (χ1n) is 13.5. The molecule has 2 aliphatic rings. The lowest BCUT2D eigenvalue weighted by Crippen LogP contribution is -2.46. The first-order valence-corrected chi connectivity index (χ1v) is 15.4. The zero-order chi connectivity index (χ0) is 29.2. The van der Waals surface area contributed by atoms with Crippen LogP contribution < -0.4 is 5.73 Å². The smallest absolute Gasteiger partial charge is 0.276 e. The molecule has 0 spiro atoms. The number of amides is 1. The summed E-state index contributed by atoms with van der Waals surface area (Å²) in [5, 5.41) is 14.6. The zero-order valence-corrected chi connectivity index (χ0v) is 23.3. The van der Waals surface area contributed by atoms with Crippen LogP contribution in [0.5, 0.6) is 0 Å². The first-order chi connectivity index (χ1) is 20.2. The van der Waals surface area contributed by atoms with Crippen molar-refractivity contribution in [2.75, 3.05) is 12.0 Å². The summed E-state index contributed by atoms with van der Waals surface area (Å²) >= 11 is 0. The number of anilines is 1. The molecule has 12 nitrogen and oxygen atoms in total. The SMILES string of the molecule is CS(=O)(=O)c1c(C2CC3CC[C@H](C2)N3C(=O)c2cn[nH]n2)nc2c(-c3ccc(-c4ccccc4F)nc3)cnn2c1N. The number of nitrogens with zero attached hydrogens (tertiary/aromatic N) is 7. The molecule has 14 heteroatoms. The largest absolute Gasteiger partial charge is 0.382 e. The van der Waals surface area contributed by atoms with Crippen molar-refractivity contribution >= 4 is 27.2 Å². The van der Waals surface area contributed by atoms with Crippen molar-refractivity contribution in [3.05, 3.63) is 72.2 Å². The number of piperidine rings is 1. The van der Waals surface area contributed by atoms with E-state index in [9.17, 15) is 17.6 Å². The Hall–Kier alpha value is -4.72. The molecule has 0 saturated carbocycles. The Balaban J connectivity index is 1.28. The molecular formula is C28H26FN9O3S. The highest BCUT2D eigenvalue weighted by molar-refractivity contribution is 7.91. The van der Waals surface area contributed by atoms with Crippen LogP contribution in [0.15, 0.2) is 59.9 Å². The molecule has 0 aliphatic carbocycles. The average Bonchev–Trinajstić information content (AvgIpc) is 3.71. The van der Waals surface area contributed by atoms with Gasteiger partial charge in [-0.25, -0.2) is 17.8 Å². The molecule has 2 aliphatic heterocycles. The highest BCUT2D eigenvalue weighted by atomic mass is 32.2. The summed E-state index contributed by atoms with van der Waals surface area (Å²) in [5.74, 6) is -0.826. The van der Waals surface area contributed by atoms with Gasteiger partial charge >= 0.3 is 0 Å². The third-order valence-electron chi connectivity index (χ3n) is 8.25. The van der Waals surface area contributed by atoms with Gasteiger partial charge in [-0.1, -0.05) is 18.2 Å². The van der Waals surface area contributed by atoms with Gasteiger partial charge in [-0.2, -0.15) is 25.0 Å². The Morgan fingerprint density at radius 2 is 1.81 bits per heavy atom. The fourth-order valence-corrected chi connectivity index (χ4v) is 7.49. The second-order valence-electron chi connectivity index (χ2n) is 10.8. The number of hydrogen-bond acceptors (Lipinski definition) is 9. The van der Waals surface area contributed by atoms with E-state index in [-0.39, 0.29) is 46.1 Å². The van der Waals surface area contributed by atoms with Crippen LogP contribution in [0.4, 0.5) is 10.2 Å². The van der Waals surface area contributed by atoms with Crippen molar-refractivity contribution in [3.8, 4) is 22.4 Å². The van der Waals surface area contributed by atoms with Crippen molar-refractivity contribution in [1.29, 1.82) is 0 Å². The van der Waals surface area contributed by atoms with Crippen LogP contribution >= 0.6 is 0 Å². The molecule has 2 fully saturated rings. The van der Waals surface area contributed by atoms with E-state index in [0.29, 0.717) is 46.6 Å². The fourth-order valence-electron chi connectivity index (χ4n) is 6.43. The lowest BCUT2D eigenvalue weighted by atomic mass is 9.87. The number of pyridine rings is 1. The van der Waals surface area contributed by atoms with E-state index in [4.69, 9.17) is 10.7 Å². The van der Waals surface area contributed by atoms with Crippen LogP contribution in [-0.4, -0.2) is 72.6 Å². The number of H-pyrrole nitrogens is 1. The molecule has 0 radical (unpaired) electrons. The number of hydrogen-bond donors (Lipinski definition) is 2. The second kappa shape index (κ2) is 9.69. The number of carbonyl (C=O) groups excluding carboxylic acids is 1. The second-order valence-corrected chi connectivity index (χ2v) is 12.8. The van der Waals surface area contributed by atoms with Crippen LogP contribution in [0.2, 0.25) is 0 Å². The van der Waals surface area contributed by atoms with Gasteiger partial charge in [0.05, 0.1) is 23.8 Å². The van der Waals surface area contributed by atoms with Crippen LogP contribution in [0.25, 0.3) is 28.0 Å². The van der Waals surface area contributed by atoms with Gasteiger partial charge in [-0.3, -0.25) is 9.78 Å². The normalized spacial score (nSPS) is 20.3. The van der Waals surface area contributed by atoms with E-state index < -0.39 is 9.84 Å². The maximum atomic E-state index is 14.3. The van der Waals surface area contributed by atoms with Gasteiger partial charge in [-0.15, -0.1) is 0 Å². The Labute approximate surface area is 239 Å². The van der Waals surface area contributed by atoms with E-state index in [0.717, 1.165) is 19.1 Å². The quantitative estimate of drug-likeness (QED) is 0.314. The number of benzene rings is 1. The minimum Gasteiger partial charge on any atom is -0.382 e. The number of aromatic nitrogens is 7. The summed E-state index contributed by atoms with van der Waals surface area (Å²) in [5.41, 5.74) is 9.65. The lowest BCUT2D eigenvalue weighted by molar-refractivity contribution is 0.0562. The summed E-state index contributed by atoms with van der Waals surface area (Å²) in [6, 6.07) is 9.72. The number of nitrogens with one attached hydrogen (secondary N) is 1. The Bertz CT molecular complexity index is 1930. The van der Waals surface area contributed by atoms with Crippen LogP contribution in [-0.2, 0) is 9.84 Å². The molecule has 2 bridgehead atoms. The number of nitrogens with two attached hydrogens (primary N) is 1. The Kier molecular flexibility index (Phi) is 6.04. The number of sulfone groups is 1. The molecule has 6 heterocycles. The lowest BCUT2D eigenvalue weighted by Gasteiger charge is -2.38. The van der Waals surface area contributed by atoms with E-state index >= 15 is 0 Å². The number of aromatic amines is 1. The van der Waals surface area contributed by atoms with E-state index in [1.807, 2.05) is 4.90 Å². The minimum atomic E-state index is -3.78. The van der Waals surface area contributed by atoms with Crippen LogP contribution in [0, 0.1) is 5.82 Å². The van der Waals surface area contributed by atoms with E-state index in [1.165, 1.54) is 16.8 Å². The van der Waals surface area contributed by atoms with Gasteiger partial charge in [0.15, 0.2) is 21.2 Å². The molecule has 1 amide bonds. The maximum absolute atomic E-state index is 14.3. The predicted octanol–water partition coefficient (Wildman–Crippen LogP) is 3.25. The van der Waals surface area contributed by atoms with Gasteiger partial charge in [0.25, 0.3) is 5.91 Å². The van der Waals surface area contributed by atoms with E-state index in [2.05, 4.69) is 25.5 Å². The Morgan fingerprint density at radius 3 is 2.45 bits per heavy atom. The number of halogens is 1. The molecule has 4 aromatic heterocycles. The molecule has 3 atom stereocenters. The molecule has 1 aromatic carbocycles. The fraction of sp³-hybridized carbons (Fsp3) is 0.286. The van der Waals surface area contributed by atoms with Crippen LogP contribution in [0.1, 0.15) is 47.8 Å². The molecule has 2 unspecified atom stereocenters. The monoisotopic (exact) mass is 587 g/mol. The van der Waals surface area contributed by atoms with Gasteiger partial charge in [0.1, 0.15) is 16.5 Å². The summed E-state index contributed by atoms with van der Waals surface area (Å²) in [4.78, 5) is 24.3. The van der Waals surface area contributed by atoms with Crippen molar-refractivity contribution in [1.82, 2.24) is 39.9 Å². The number of rotatable bonds is 5. The third kappa shape index (κ3) is 4.21. The van der Waals surface area contributed by atoms with Crippen LogP contribution in [0.3, 0.4) is 0 Å². The zero-order valence-electron chi connectivity index (χ0n) is 22.5. The minimum absolute atomic E-state index is 0.0202. The maximum Gasteiger partial charge on any atom is 0.276 e. The number of nitrogen functional groups attached to an aromatic ring is 1. The summed E-state index contributed by atoms with van der Waals surface area (Å²) < 4.78 is 41.8. The molecule has 7 rings (SSSR count). The summed E-state index contributed by atoms with van der Waals surface area (Å²) in [6.45, 7) is 0. The van der Waals surface area contributed by atoms with E-state index in [1.54, 1.807) is 42.7 Å². The number of carbonyl (C=O) groups is 1. The molecule has 2 saturated heterocycles. The Morgan fingerprint density at radius 1 is 1.05 bits per heavy atom. The first kappa shape index (κ1) is 26.2. The molecular weight excluding hydrogens is 561 g/mol. The molecule has 5 aromatic rings. The number of fused-ring (bicyclic) bond motifs is 3. The highest BCUT2D eigenvalue weighted by Crippen LogP contribution is 2.45. The molecule has 214 valence electrons. The predicted molar refractivity (Wildman–Crippen MR) is 150 cm³/mol. The molecule has 42 heavy (non-hydrogen) atoms. The highest BCUT2D eigenvalue weighted by Gasteiger charge is 2.46. The standard InChI is InChI=1S/C28H26FN9O3S/c1-42(40,41)25-24(16-10-17-7-8-18(11-16)37(17)28(39)23-14-32-36-35-23)34-27-20(13-33-38(27)26(25)30)15-6-9-22(31-12-15)19-4-2-3-5-21(19)29/h2-6,9,12-14,16-18H,7-8,10-11,30H2,1H3,(H,32,35,36)/t16?,17-,18?/m1/s1. The van der Waals surface area contributed by atoms with Crippen molar-refractivity contribution in [2.24, 2.45) is 0 Å². The van der Waals surface area contributed by atoms with Gasteiger partial charge in [0, 0.05) is 47.1 Å². The van der Waals surface area contributed by atoms with Crippen molar-refractivity contribution in [2.45, 2.75) is 48.6 Å². The molecule has 3 N–H and O–H groups in total. The van der Waals surface area contributed by atoms with Crippen molar-refractivity contribution < 1.29 is 17.6 Å². The van der Waals surface area contributed by atoms with Gasteiger partial charge in [-0.05, 0) is 43.9 Å². The topological polar surface area (TPSA) is 165 Å². The third-order valence-corrected chi connectivity index (χ3v) is 9.41. The van der Waals surface area contributed by atoms with Gasteiger partial charge in [0.2, 0.25) is 0 Å². The summed E-state index contributed by atoms with van der Waals surface area (Å²) in [6.07, 6.45) is 8.37. The summed E-state index contributed by atoms with van der Waals surface area (Å²) in [7, 11) is -3.78. The van der Waals surface area contributed by atoms with Crippen molar-refractivity contribution in [3.63, 3.8) is 0 Å². The average molecular weight is 588 g/mol. The van der Waals surface area contributed by atoms with Gasteiger partial charge < -0.3 is 10.6 Å².